The lowest BCUT2D eigenvalue weighted by atomic mass is 9.79. The normalized spacial score (nSPS) is 12.7. The molecule has 0 saturated heterocycles. The number of hydrogen-bond acceptors (Lipinski definition) is 3. The van der Waals surface area contributed by atoms with Gasteiger partial charge in [-0.15, -0.1) is 0 Å². The van der Waals surface area contributed by atoms with E-state index in [0.717, 1.165) is 12.8 Å². The maximum atomic E-state index is 12.5. The largest absolute Gasteiger partial charge is 0.350 e. The van der Waals surface area contributed by atoms with Crippen molar-refractivity contribution in [2.45, 2.75) is 59.0 Å². The zero-order valence-corrected chi connectivity index (χ0v) is 12.6. The van der Waals surface area contributed by atoms with Crippen molar-refractivity contribution in [1.29, 1.82) is 5.26 Å². The van der Waals surface area contributed by atoms with E-state index in [4.69, 9.17) is 0 Å². The van der Waals surface area contributed by atoms with Crippen molar-refractivity contribution in [2.75, 3.05) is 0 Å². The van der Waals surface area contributed by atoms with Crippen LogP contribution in [0, 0.1) is 16.7 Å². The van der Waals surface area contributed by atoms with Gasteiger partial charge in [0, 0.05) is 25.0 Å². The van der Waals surface area contributed by atoms with Crippen LogP contribution in [-0.4, -0.2) is 21.5 Å². The molecule has 1 rings (SSSR count). The van der Waals surface area contributed by atoms with Gasteiger partial charge in [-0.1, -0.05) is 26.7 Å². The molecule has 0 fully saturated rings. The third-order valence-electron chi connectivity index (χ3n) is 3.42. The molecule has 1 aromatic heterocycles. The molecule has 0 aliphatic rings. The Hall–Kier alpha value is -1.83. The number of amides is 1. The minimum Gasteiger partial charge on any atom is -0.350 e. The molecule has 1 unspecified atom stereocenters. The molecule has 0 aromatic carbocycles. The lowest BCUT2D eigenvalue weighted by Gasteiger charge is -2.26. The van der Waals surface area contributed by atoms with Crippen molar-refractivity contribution in [2.24, 2.45) is 5.41 Å². The summed E-state index contributed by atoms with van der Waals surface area (Å²) in [5.74, 6) is -0.142. The molecule has 0 radical (unpaired) electrons. The molecule has 110 valence electrons. The zero-order valence-electron chi connectivity index (χ0n) is 12.6. The van der Waals surface area contributed by atoms with Crippen LogP contribution in [0.1, 0.15) is 46.5 Å². The molecule has 1 N–H and O–H groups in total. The fraction of sp³-hybridized carbons (Fsp3) is 0.667. The Morgan fingerprint density at radius 3 is 2.55 bits per heavy atom. The Morgan fingerprint density at radius 2 is 2.10 bits per heavy atom. The highest BCUT2D eigenvalue weighted by Gasteiger charge is 2.37. The summed E-state index contributed by atoms with van der Waals surface area (Å²) < 4.78 is 1.92. The maximum absolute atomic E-state index is 12.5. The number of imidazole rings is 1. The maximum Gasteiger partial charge on any atom is 0.240 e. The third kappa shape index (κ3) is 4.09. The summed E-state index contributed by atoms with van der Waals surface area (Å²) in [5.41, 5.74) is -0.882. The van der Waals surface area contributed by atoms with Gasteiger partial charge in [-0.3, -0.25) is 4.79 Å². The van der Waals surface area contributed by atoms with Crippen LogP contribution in [0.2, 0.25) is 0 Å². The molecule has 1 atom stereocenters. The van der Waals surface area contributed by atoms with Crippen molar-refractivity contribution in [1.82, 2.24) is 14.9 Å². The Balaban J connectivity index is 2.68. The van der Waals surface area contributed by atoms with Gasteiger partial charge in [0.2, 0.25) is 5.91 Å². The number of aromatic nitrogens is 2. The average Bonchev–Trinajstić information content (AvgIpc) is 2.90. The van der Waals surface area contributed by atoms with E-state index in [-0.39, 0.29) is 11.9 Å². The first-order chi connectivity index (χ1) is 9.57. The quantitative estimate of drug-likeness (QED) is 0.793. The smallest absolute Gasteiger partial charge is 0.240 e. The van der Waals surface area contributed by atoms with E-state index in [2.05, 4.69) is 16.4 Å². The first kappa shape index (κ1) is 16.2. The fourth-order valence-corrected chi connectivity index (χ4v) is 2.49. The number of rotatable bonds is 8. The Bertz CT molecular complexity index is 441. The SMILES string of the molecule is CCCC(C#N)(CCC)C(=O)NC(C)Cn1ccnc1. The molecular weight excluding hydrogens is 252 g/mol. The minimum absolute atomic E-state index is 0.0295. The van der Waals surface area contributed by atoms with Crippen molar-refractivity contribution >= 4 is 5.91 Å². The molecule has 1 heterocycles. The second kappa shape index (κ2) is 7.68. The molecule has 5 nitrogen and oxygen atoms in total. The molecule has 0 spiro atoms. The van der Waals surface area contributed by atoms with E-state index >= 15 is 0 Å². The molecule has 5 heteroatoms. The summed E-state index contributed by atoms with van der Waals surface area (Å²) in [7, 11) is 0. The van der Waals surface area contributed by atoms with E-state index in [1.807, 2.05) is 31.5 Å². The van der Waals surface area contributed by atoms with Crippen LogP contribution in [0.15, 0.2) is 18.7 Å². The summed E-state index contributed by atoms with van der Waals surface area (Å²) in [6.45, 7) is 6.61. The van der Waals surface area contributed by atoms with Gasteiger partial charge in [-0.25, -0.2) is 4.98 Å². The Kier molecular flexibility index (Phi) is 6.23. The van der Waals surface area contributed by atoms with Crippen LogP contribution in [0.3, 0.4) is 0 Å². The molecule has 1 amide bonds. The van der Waals surface area contributed by atoms with Crippen molar-refractivity contribution in [3.05, 3.63) is 18.7 Å². The van der Waals surface area contributed by atoms with Gasteiger partial charge in [0.1, 0.15) is 5.41 Å². The summed E-state index contributed by atoms with van der Waals surface area (Å²) in [4.78, 5) is 16.4. The molecule has 0 aliphatic heterocycles. The molecule has 0 aliphatic carbocycles. The topological polar surface area (TPSA) is 70.7 Å². The third-order valence-corrected chi connectivity index (χ3v) is 3.42. The Labute approximate surface area is 121 Å². The highest BCUT2D eigenvalue weighted by atomic mass is 16.2. The van der Waals surface area contributed by atoms with E-state index in [0.29, 0.717) is 19.4 Å². The lowest BCUT2D eigenvalue weighted by Crippen LogP contribution is -2.45. The van der Waals surface area contributed by atoms with Crippen molar-refractivity contribution in [3.63, 3.8) is 0 Å². The zero-order chi connectivity index (χ0) is 15.0. The number of carbonyl (C=O) groups excluding carboxylic acids is 1. The Morgan fingerprint density at radius 1 is 1.45 bits per heavy atom. The fourth-order valence-electron chi connectivity index (χ4n) is 2.49. The van der Waals surface area contributed by atoms with Gasteiger partial charge in [0.25, 0.3) is 0 Å². The second-order valence-corrected chi connectivity index (χ2v) is 5.33. The van der Waals surface area contributed by atoms with Crippen LogP contribution in [0.5, 0.6) is 0 Å². The average molecular weight is 276 g/mol. The predicted octanol–water partition coefficient (Wildman–Crippen LogP) is 2.50. The van der Waals surface area contributed by atoms with Crippen LogP contribution in [0.25, 0.3) is 0 Å². The van der Waals surface area contributed by atoms with Gasteiger partial charge >= 0.3 is 0 Å². The monoisotopic (exact) mass is 276 g/mol. The van der Waals surface area contributed by atoms with Crippen molar-refractivity contribution < 1.29 is 4.79 Å². The van der Waals surface area contributed by atoms with Crippen LogP contribution in [-0.2, 0) is 11.3 Å². The molecular formula is C15H24N4O. The van der Waals surface area contributed by atoms with E-state index in [9.17, 15) is 10.1 Å². The molecule has 0 bridgehead atoms. The van der Waals surface area contributed by atoms with E-state index in [1.54, 1.807) is 12.5 Å². The summed E-state index contributed by atoms with van der Waals surface area (Å²) in [5, 5.41) is 12.4. The number of nitriles is 1. The summed E-state index contributed by atoms with van der Waals surface area (Å²) >= 11 is 0. The second-order valence-electron chi connectivity index (χ2n) is 5.33. The van der Waals surface area contributed by atoms with Gasteiger partial charge in [0.05, 0.1) is 12.4 Å². The molecule has 20 heavy (non-hydrogen) atoms. The predicted molar refractivity (Wildman–Crippen MR) is 77.7 cm³/mol. The highest BCUT2D eigenvalue weighted by molar-refractivity contribution is 5.85. The number of carbonyl (C=O) groups is 1. The molecule has 0 saturated carbocycles. The van der Waals surface area contributed by atoms with Gasteiger partial charge < -0.3 is 9.88 Å². The van der Waals surface area contributed by atoms with Gasteiger partial charge in [-0.2, -0.15) is 5.26 Å². The standard InChI is InChI=1S/C15H24N4O/c1-4-6-15(11-16,7-5-2)14(20)18-13(3)10-19-9-8-17-12-19/h8-9,12-13H,4-7,10H2,1-3H3,(H,18,20). The van der Waals surface area contributed by atoms with Gasteiger partial charge in [-0.05, 0) is 19.8 Å². The molecule has 1 aromatic rings. The number of hydrogen-bond donors (Lipinski definition) is 1. The first-order valence-electron chi connectivity index (χ1n) is 7.26. The minimum atomic E-state index is -0.882. The van der Waals surface area contributed by atoms with E-state index < -0.39 is 5.41 Å². The van der Waals surface area contributed by atoms with Crippen LogP contribution < -0.4 is 5.32 Å². The van der Waals surface area contributed by atoms with Crippen LogP contribution in [0.4, 0.5) is 0 Å². The lowest BCUT2D eigenvalue weighted by molar-refractivity contribution is -0.129. The van der Waals surface area contributed by atoms with E-state index in [1.165, 1.54) is 0 Å². The first-order valence-corrected chi connectivity index (χ1v) is 7.26. The van der Waals surface area contributed by atoms with Gasteiger partial charge in [0.15, 0.2) is 0 Å². The summed E-state index contributed by atoms with van der Waals surface area (Å²) in [6.07, 6.45) is 8.18. The van der Waals surface area contributed by atoms with Crippen molar-refractivity contribution in [3.8, 4) is 6.07 Å². The summed E-state index contributed by atoms with van der Waals surface area (Å²) in [6, 6.07) is 2.22. The number of nitrogens with one attached hydrogen (secondary N) is 1. The highest BCUT2D eigenvalue weighted by Crippen LogP contribution is 2.29. The van der Waals surface area contributed by atoms with Crippen LogP contribution >= 0.6 is 0 Å². The number of nitrogens with zero attached hydrogens (tertiary/aromatic N) is 3.